The first-order chi connectivity index (χ1) is 12.6. The second-order valence-electron chi connectivity index (χ2n) is 6.56. The number of aliphatic hydroxyl groups is 1. The summed E-state index contributed by atoms with van der Waals surface area (Å²) in [6.07, 6.45) is 1.60. The number of amides is 1. The average Bonchev–Trinajstić information content (AvgIpc) is 2.66. The van der Waals surface area contributed by atoms with E-state index in [1.165, 1.54) is 11.1 Å². The normalized spacial score (nSPS) is 14.4. The monoisotopic (exact) mass is 355 g/mol. The van der Waals surface area contributed by atoms with Crippen molar-refractivity contribution >= 4 is 5.91 Å². The molecule has 1 atom stereocenters. The molecule has 3 N–H and O–H groups in total. The van der Waals surface area contributed by atoms with E-state index in [2.05, 4.69) is 15.6 Å². The number of aryl methyl sites for hydroxylation is 2. The molecule has 2 aromatic rings. The Morgan fingerprint density at radius 3 is 3.00 bits per heavy atom. The highest BCUT2D eigenvalue weighted by molar-refractivity contribution is 5.80. The maximum atomic E-state index is 12.2. The number of nitrogens with zero attached hydrogens (tertiary/aromatic N) is 1. The summed E-state index contributed by atoms with van der Waals surface area (Å²) in [7, 11) is 0. The zero-order chi connectivity index (χ0) is 18.5. The predicted octanol–water partition coefficient (Wildman–Crippen LogP) is 1.40. The third-order valence-corrected chi connectivity index (χ3v) is 4.70. The number of aliphatic hydroxyl groups excluding tert-OH is 1. The quantitative estimate of drug-likeness (QED) is 0.730. The molecule has 26 heavy (non-hydrogen) atoms. The average molecular weight is 355 g/mol. The molecule has 0 aliphatic carbocycles. The van der Waals surface area contributed by atoms with Crippen molar-refractivity contribution in [1.82, 2.24) is 15.6 Å². The van der Waals surface area contributed by atoms with Crippen LogP contribution in [-0.4, -0.2) is 35.3 Å². The first-order valence-corrected chi connectivity index (χ1v) is 8.87. The minimum absolute atomic E-state index is 0.0786. The molecule has 138 valence electrons. The van der Waals surface area contributed by atoms with Crippen LogP contribution in [0.25, 0.3) is 0 Å². The van der Waals surface area contributed by atoms with Crippen molar-refractivity contribution in [1.29, 1.82) is 0 Å². The van der Waals surface area contributed by atoms with Crippen LogP contribution in [0.1, 0.15) is 27.9 Å². The van der Waals surface area contributed by atoms with Crippen LogP contribution in [-0.2, 0) is 24.3 Å². The molecular formula is C20H25N3O3. The number of fused-ring (bicyclic) bond motifs is 1. The second-order valence-corrected chi connectivity index (χ2v) is 6.56. The molecular weight excluding hydrogens is 330 g/mol. The van der Waals surface area contributed by atoms with Crippen molar-refractivity contribution < 1.29 is 14.6 Å². The largest absolute Gasteiger partial charge is 0.490 e. The van der Waals surface area contributed by atoms with Crippen LogP contribution in [0.3, 0.4) is 0 Å². The minimum atomic E-state index is -1.22. The van der Waals surface area contributed by atoms with Crippen molar-refractivity contribution in [2.24, 2.45) is 0 Å². The van der Waals surface area contributed by atoms with Gasteiger partial charge in [-0.1, -0.05) is 18.2 Å². The molecule has 0 fully saturated rings. The number of para-hydroxylation sites is 1. The zero-order valence-electron chi connectivity index (χ0n) is 15.2. The van der Waals surface area contributed by atoms with Crippen LogP contribution in [0.4, 0.5) is 0 Å². The van der Waals surface area contributed by atoms with Crippen molar-refractivity contribution in [3.05, 3.63) is 58.4 Å². The molecule has 1 aromatic carbocycles. The van der Waals surface area contributed by atoms with Gasteiger partial charge in [0.1, 0.15) is 12.4 Å². The van der Waals surface area contributed by atoms with Crippen molar-refractivity contribution in [2.75, 3.05) is 13.2 Å². The van der Waals surface area contributed by atoms with Crippen molar-refractivity contribution in [2.45, 2.75) is 39.5 Å². The molecule has 0 saturated heterocycles. The number of hydrogen-bond donors (Lipinski definition) is 3. The van der Waals surface area contributed by atoms with Gasteiger partial charge in [-0.3, -0.25) is 9.78 Å². The maximum absolute atomic E-state index is 12.2. The minimum Gasteiger partial charge on any atom is -0.490 e. The molecule has 0 spiro atoms. The van der Waals surface area contributed by atoms with Gasteiger partial charge in [0.2, 0.25) is 0 Å². The second kappa shape index (κ2) is 8.29. The highest BCUT2D eigenvalue weighted by Gasteiger charge is 2.19. The van der Waals surface area contributed by atoms with E-state index in [0.29, 0.717) is 12.3 Å². The predicted molar refractivity (Wildman–Crippen MR) is 98.9 cm³/mol. The number of aromatic nitrogens is 1. The lowest BCUT2D eigenvalue weighted by atomic mass is 9.96. The van der Waals surface area contributed by atoms with Crippen LogP contribution in [0.2, 0.25) is 0 Å². The van der Waals surface area contributed by atoms with Crippen molar-refractivity contribution in [3.8, 4) is 5.75 Å². The Morgan fingerprint density at radius 1 is 1.38 bits per heavy atom. The van der Waals surface area contributed by atoms with E-state index in [-0.39, 0.29) is 6.61 Å². The first kappa shape index (κ1) is 18.4. The summed E-state index contributed by atoms with van der Waals surface area (Å²) in [5.41, 5.74) is 5.35. The molecule has 1 aromatic heterocycles. The number of carbonyl (C=O) groups is 1. The highest BCUT2D eigenvalue weighted by Crippen LogP contribution is 2.20. The van der Waals surface area contributed by atoms with Crippen LogP contribution in [0, 0.1) is 13.8 Å². The standard InChI is InChI=1S/C20H25N3O3/c1-13-5-3-4-6-19(13)26-12-18(24)20(25)23-11-17-14(2)22-10-15-9-21-8-7-16(15)17/h3-6,10,18,21,24H,7-9,11-12H2,1-2H3,(H,23,25)/t18-/m1/s1. The third kappa shape index (κ3) is 4.20. The van der Waals surface area contributed by atoms with E-state index in [4.69, 9.17) is 4.74 Å². The number of carbonyl (C=O) groups excluding carboxylic acids is 1. The third-order valence-electron chi connectivity index (χ3n) is 4.70. The Labute approximate surface area is 153 Å². The molecule has 6 nitrogen and oxygen atoms in total. The summed E-state index contributed by atoms with van der Waals surface area (Å²) in [4.78, 5) is 16.7. The molecule has 0 radical (unpaired) electrons. The lowest BCUT2D eigenvalue weighted by Crippen LogP contribution is -2.38. The van der Waals surface area contributed by atoms with Gasteiger partial charge in [0.05, 0.1) is 0 Å². The molecule has 1 amide bonds. The van der Waals surface area contributed by atoms with E-state index in [1.807, 2.05) is 44.3 Å². The summed E-state index contributed by atoms with van der Waals surface area (Å²) in [6.45, 7) is 5.88. The summed E-state index contributed by atoms with van der Waals surface area (Å²) in [6, 6.07) is 7.51. The number of hydrogen-bond acceptors (Lipinski definition) is 5. The molecule has 0 unspecified atom stereocenters. The molecule has 0 bridgehead atoms. The number of ether oxygens (including phenoxy) is 1. The van der Waals surface area contributed by atoms with Crippen LogP contribution < -0.4 is 15.4 Å². The summed E-state index contributed by atoms with van der Waals surface area (Å²) < 4.78 is 5.55. The van der Waals surface area contributed by atoms with Gasteiger partial charge in [0.25, 0.3) is 5.91 Å². The lowest BCUT2D eigenvalue weighted by molar-refractivity contribution is -0.130. The Kier molecular flexibility index (Phi) is 5.85. The van der Waals surface area contributed by atoms with Gasteiger partial charge in [0.15, 0.2) is 6.10 Å². The smallest absolute Gasteiger partial charge is 0.252 e. The van der Waals surface area contributed by atoms with Crippen molar-refractivity contribution in [3.63, 3.8) is 0 Å². The van der Waals surface area contributed by atoms with Crippen LogP contribution >= 0.6 is 0 Å². The molecule has 1 aliphatic heterocycles. The maximum Gasteiger partial charge on any atom is 0.252 e. The number of nitrogens with one attached hydrogen (secondary N) is 2. The van der Waals surface area contributed by atoms with Gasteiger partial charge in [0, 0.05) is 25.0 Å². The van der Waals surface area contributed by atoms with E-state index < -0.39 is 12.0 Å². The molecule has 1 aliphatic rings. The first-order valence-electron chi connectivity index (χ1n) is 8.87. The van der Waals surface area contributed by atoms with E-state index >= 15 is 0 Å². The number of pyridine rings is 1. The van der Waals surface area contributed by atoms with Gasteiger partial charge in [-0.05, 0) is 55.1 Å². The molecule has 3 rings (SSSR count). The lowest BCUT2D eigenvalue weighted by Gasteiger charge is -2.22. The van der Waals surface area contributed by atoms with Gasteiger partial charge in [-0.15, -0.1) is 0 Å². The Morgan fingerprint density at radius 2 is 2.19 bits per heavy atom. The Bertz CT molecular complexity index is 792. The van der Waals surface area contributed by atoms with Crippen LogP contribution in [0.15, 0.2) is 30.5 Å². The molecule has 2 heterocycles. The van der Waals surface area contributed by atoms with E-state index in [1.54, 1.807) is 0 Å². The number of rotatable bonds is 6. The zero-order valence-corrected chi connectivity index (χ0v) is 15.2. The fourth-order valence-corrected chi connectivity index (χ4v) is 3.13. The summed E-state index contributed by atoms with van der Waals surface area (Å²) in [5, 5.41) is 16.2. The van der Waals surface area contributed by atoms with Crippen LogP contribution in [0.5, 0.6) is 5.75 Å². The highest BCUT2D eigenvalue weighted by atomic mass is 16.5. The molecule has 0 saturated carbocycles. The van der Waals surface area contributed by atoms with Gasteiger partial charge < -0.3 is 20.5 Å². The van der Waals surface area contributed by atoms with E-state index in [0.717, 1.165) is 36.3 Å². The summed E-state index contributed by atoms with van der Waals surface area (Å²) >= 11 is 0. The Balaban J connectivity index is 1.58. The fraction of sp³-hybridized carbons (Fsp3) is 0.400. The fourth-order valence-electron chi connectivity index (χ4n) is 3.13. The SMILES string of the molecule is Cc1ccccc1OC[C@@H](O)C(=O)NCc1c(C)ncc2c1CCNC2. The van der Waals surface area contributed by atoms with Gasteiger partial charge >= 0.3 is 0 Å². The van der Waals surface area contributed by atoms with E-state index in [9.17, 15) is 9.90 Å². The Hall–Kier alpha value is -2.44. The molecule has 6 heteroatoms. The van der Waals surface area contributed by atoms with Gasteiger partial charge in [-0.25, -0.2) is 0 Å². The number of benzene rings is 1. The topological polar surface area (TPSA) is 83.5 Å². The summed E-state index contributed by atoms with van der Waals surface area (Å²) in [5.74, 6) is 0.230. The van der Waals surface area contributed by atoms with Gasteiger partial charge in [-0.2, -0.15) is 0 Å².